The standard InChI is InChI=1S/C12H17ClFNO3S/c1-4-15(8-12(2,3)16)19(17,18)11-6-5-9(13)7-10(11)14/h5-7,16H,4,8H2,1-3H3. The minimum atomic E-state index is -3.99. The third-order valence-electron chi connectivity index (χ3n) is 2.43. The van der Waals surface area contributed by atoms with Crippen LogP contribution in [0.2, 0.25) is 5.02 Å². The molecule has 0 aromatic heterocycles. The van der Waals surface area contributed by atoms with Crippen LogP contribution in [0.4, 0.5) is 4.39 Å². The highest BCUT2D eigenvalue weighted by atomic mass is 35.5. The van der Waals surface area contributed by atoms with E-state index in [4.69, 9.17) is 11.6 Å². The number of rotatable bonds is 5. The van der Waals surface area contributed by atoms with E-state index in [9.17, 15) is 17.9 Å². The fourth-order valence-electron chi connectivity index (χ4n) is 1.62. The van der Waals surface area contributed by atoms with Crippen molar-refractivity contribution in [3.8, 4) is 0 Å². The first-order valence-electron chi connectivity index (χ1n) is 5.75. The molecule has 0 atom stereocenters. The Bertz CT molecular complexity index is 555. The van der Waals surface area contributed by atoms with Gasteiger partial charge in [0.1, 0.15) is 10.7 Å². The second-order valence-electron chi connectivity index (χ2n) is 4.82. The Morgan fingerprint density at radius 2 is 2.00 bits per heavy atom. The second-order valence-corrected chi connectivity index (χ2v) is 7.16. The summed E-state index contributed by atoms with van der Waals surface area (Å²) in [4.78, 5) is -0.442. The van der Waals surface area contributed by atoms with E-state index in [1.165, 1.54) is 19.9 Å². The number of hydrogen-bond acceptors (Lipinski definition) is 3. The molecule has 108 valence electrons. The van der Waals surface area contributed by atoms with Crippen molar-refractivity contribution in [1.82, 2.24) is 4.31 Å². The normalized spacial score (nSPS) is 13.0. The average molecular weight is 310 g/mol. The molecular formula is C12H17ClFNO3S. The molecule has 0 saturated carbocycles. The van der Waals surface area contributed by atoms with E-state index in [0.717, 1.165) is 16.4 Å². The summed E-state index contributed by atoms with van der Waals surface area (Å²) in [6, 6.07) is 3.39. The van der Waals surface area contributed by atoms with Gasteiger partial charge in [0.15, 0.2) is 0 Å². The zero-order valence-corrected chi connectivity index (χ0v) is 12.6. The van der Waals surface area contributed by atoms with Gasteiger partial charge >= 0.3 is 0 Å². The molecule has 0 fully saturated rings. The quantitative estimate of drug-likeness (QED) is 0.907. The number of benzene rings is 1. The molecule has 0 radical (unpaired) electrons. The molecule has 0 unspecified atom stereocenters. The van der Waals surface area contributed by atoms with Gasteiger partial charge in [0, 0.05) is 18.1 Å². The Morgan fingerprint density at radius 3 is 2.42 bits per heavy atom. The lowest BCUT2D eigenvalue weighted by atomic mass is 10.1. The summed E-state index contributed by atoms with van der Waals surface area (Å²) in [5.74, 6) is -0.901. The predicted octanol–water partition coefficient (Wildman–Crippen LogP) is 2.26. The zero-order chi connectivity index (χ0) is 14.8. The monoisotopic (exact) mass is 309 g/mol. The minimum absolute atomic E-state index is 0.117. The molecule has 4 nitrogen and oxygen atoms in total. The highest BCUT2D eigenvalue weighted by molar-refractivity contribution is 7.89. The SMILES string of the molecule is CCN(CC(C)(C)O)S(=O)(=O)c1ccc(Cl)cc1F. The molecule has 1 N–H and O–H groups in total. The van der Waals surface area contributed by atoms with Gasteiger partial charge in [-0.1, -0.05) is 18.5 Å². The van der Waals surface area contributed by atoms with Gasteiger partial charge in [-0.3, -0.25) is 0 Å². The first kappa shape index (κ1) is 16.4. The maximum atomic E-state index is 13.7. The summed E-state index contributed by atoms with van der Waals surface area (Å²) in [5.41, 5.74) is -1.20. The summed E-state index contributed by atoms with van der Waals surface area (Å²) < 4.78 is 39.4. The fraction of sp³-hybridized carbons (Fsp3) is 0.500. The number of aliphatic hydroxyl groups is 1. The highest BCUT2D eigenvalue weighted by Crippen LogP contribution is 2.23. The van der Waals surface area contributed by atoms with Crippen LogP contribution in [0.3, 0.4) is 0 Å². The number of halogens is 2. The Morgan fingerprint density at radius 1 is 1.42 bits per heavy atom. The molecule has 1 rings (SSSR count). The summed E-state index contributed by atoms with van der Waals surface area (Å²) in [6.07, 6.45) is 0. The van der Waals surface area contributed by atoms with Gasteiger partial charge in [0.2, 0.25) is 10.0 Å². The van der Waals surface area contributed by atoms with Crippen molar-refractivity contribution in [2.75, 3.05) is 13.1 Å². The number of sulfonamides is 1. The van der Waals surface area contributed by atoms with Gasteiger partial charge < -0.3 is 5.11 Å². The van der Waals surface area contributed by atoms with Crippen LogP contribution in [0.25, 0.3) is 0 Å². The van der Waals surface area contributed by atoms with Crippen LogP contribution < -0.4 is 0 Å². The van der Waals surface area contributed by atoms with Gasteiger partial charge in [-0.25, -0.2) is 12.8 Å². The Kier molecular flexibility index (Phi) is 4.95. The van der Waals surface area contributed by atoms with Crippen LogP contribution >= 0.6 is 11.6 Å². The molecule has 0 heterocycles. The van der Waals surface area contributed by atoms with Gasteiger partial charge in [0.25, 0.3) is 0 Å². The molecule has 0 aliphatic heterocycles. The second kappa shape index (κ2) is 5.75. The van der Waals surface area contributed by atoms with E-state index in [0.29, 0.717) is 0 Å². The fourth-order valence-corrected chi connectivity index (χ4v) is 3.43. The van der Waals surface area contributed by atoms with E-state index >= 15 is 0 Å². The topological polar surface area (TPSA) is 57.6 Å². The number of likely N-dealkylation sites (N-methyl/N-ethyl adjacent to an activating group) is 1. The molecule has 1 aromatic rings. The highest BCUT2D eigenvalue weighted by Gasteiger charge is 2.30. The zero-order valence-electron chi connectivity index (χ0n) is 11.0. The van der Waals surface area contributed by atoms with Crippen LogP contribution in [0, 0.1) is 5.82 Å². The maximum Gasteiger partial charge on any atom is 0.246 e. The third kappa shape index (κ3) is 4.14. The molecule has 1 aromatic carbocycles. The van der Waals surface area contributed by atoms with Gasteiger partial charge in [0.05, 0.1) is 5.60 Å². The van der Waals surface area contributed by atoms with Crippen molar-refractivity contribution in [3.63, 3.8) is 0 Å². The molecule has 0 aliphatic carbocycles. The van der Waals surface area contributed by atoms with Crippen molar-refractivity contribution in [2.24, 2.45) is 0 Å². The predicted molar refractivity (Wildman–Crippen MR) is 72.1 cm³/mol. The minimum Gasteiger partial charge on any atom is -0.389 e. The molecule has 7 heteroatoms. The van der Waals surface area contributed by atoms with Gasteiger partial charge in [-0.2, -0.15) is 4.31 Å². The van der Waals surface area contributed by atoms with E-state index < -0.39 is 26.3 Å². The van der Waals surface area contributed by atoms with Crippen molar-refractivity contribution in [3.05, 3.63) is 29.0 Å². The number of nitrogens with zero attached hydrogens (tertiary/aromatic N) is 1. The summed E-state index contributed by atoms with van der Waals surface area (Å²) in [6.45, 7) is 4.62. The van der Waals surface area contributed by atoms with Gasteiger partial charge in [-0.05, 0) is 32.0 Å². The molecule has 0 aliphatic rings. The van der Waals surface area contributed by atoms with Gasteiger partial charge in [-0.15, -0.1) is 0 Å². The molecule has 0 saturated heterocycles. The van der Waals surface area contributed by atoms with Crippen LogP contribution in [0.5, 0.6) is 0 Å². The van der Waals surface area contributed by atoms with Crippen molar-refractivity contribution < 1.29 is 17.9 Å². The van der Waals surface area contributed by atoms with Crippen molar-refractivity contribution in [2.45, 2.75) is 31.3 Å². The molecule has 0 amide bonds. The third-order valence-corrected chi connectivity index (χ3v) is 4.62. The van der Waals surface area contributed by atoms with E-state index in [-0.39, 0.29) is 18.1 Å². The smallest absolute Gasteiger partial charge is 0.246 e. The number of hydrogen-bond donors (Lipinski definition) is 1. The average Bonchev–Trinajstić information content (AvgIpc) is 2.23. The van der Waals surface area contributed by atoms with Crippen LogP contribution in [0.15, 0.2) is 23.1 Å². The molecule has 19 heavy (non-hydrogen) atoms. The van der Waals surface area contributed by atoms with Crippen LogP contribution in [0.1, 0.15) is 20.8 Å². The molecule has 0 bridgehead atoms. The summed E-state index contributed by atoms with van der Waals surface area (Å²) >= 11 is 5.60. The van der Waals surface area contributed by atoms with E-state index in [1.807, 2.05) is 0 Å². The summed E-state index contributed by atoms with van der Waals surface area (Å²) in [7, 11) is -3.99. The Balaban J connectivity index is 3.21. The van der Waals surface area contributed by atoms with Crippen LogP contribution in [-0.4, -0.2) is 36.5 Å². The maximum absolute atomic E-state index is 13.7. The lowest BCUT2D eigenvalue weighted by Gasteiger charge is -2.27. The summed E-state index contributed by atoms with van der Waals surface area (Å²) in [5, 5.41) is 9.85. The largest absolute Gasteiger partial charge is 0.389 e. The first-order chi connectivity index (χ1) is 8.58. The molecular weight excluding hydrogens is 293 g/mol. The van der Waals surface area contributed by atoms with Crippen LogP contribution in [-0.2, 0) is 10.0 Å². The van der Waals surface area contributed by atoms with Crippen molar-refractivity contribution >= 4 is 21.6 Å². The lowest BCUT2D eigenvalue weighted by molar-refractivity contribution is 0.0601. The lowest BCUT2D eigenvalue weighted by Crippen LogP contribution is -2.42. The van der Waals surface area contributed by atoms with E-state index in [2.05, 4.69) is 0 Å². The Labute approximate surface area is 117 Å². The Hall–Kier alpha value is -0.690. The van der Waals surface area contributed by atoms with E-state index in [1.54, 1.807) is 6.92 Å². The first-order valence-corrected chi connectivity index (χ1v) is 7.57. The molecule has 0 spiro atoms. The van der Waals surface area contributed by atoms with Crippen molar-refractivity contribution in [1.29, 1.82) is 0 Å².